The highest BCUT2D eigenvalue weighted by Crippen LogP contribution is 2.18. The lowest BCUT2D eigenvalue weighted by Crippen LogP contribution is -1.97. The standard InChI is InChI=1S/C7H9ClN2O/c1-4-6(9)2-5(3-11)7(8)10-4/h2,11H,3,9H2,1H3. The van der Waals surface area contributed by atoms with Gasteiger partial charge in [-0.3, -0.25) is 0 Å². The first-order chi connectivity index (χ1) is 5.15. The van der Waals surface area contributed by atoms with Gasteiger partial charge < -0.3 is 10.8 Å². The predicted octanol–water partition coefficient (Wildman–Crippen LogP) is 1.12. The Kier molecular flexibility index (Phi) is 2.31. The van der Waals surface area contributed by atoms with E-state index in [9.17, 15) is 0 Å². The van der Waals surface area contributed by atoms with Crippen LogP contribution in [0.4, 0.5) is 5.69 Å². The van der Waals surface area contributed by atoms with E-state index in [4.69, 9.17) is 22.4 Å². The molecule has 0 aliphatic rings. The monoisotopic (exact) mass is 172 g/mol. The van der Waals surface area contributed by atoms with Crippen molar-refractivity contribution in [3.8, 4) is 0 Å². The second-order valence-corrected chi connectivity index (χ2v) is 2.63. The van der Waals surface area contributed by atoms with Crippen LogP contribution in [0.1, 0.15) is 11.3 Å². The largest absolute Gasteiger partial charge is 0.397 e. The molecule has 0 saturated carbocycles. The minimum atomic E-state index is -0.129. The van der Waals surface area contributed by atoms with Gasteiger partial charge in [-0.2, -0.15) is 0 Å². The number of hydrogen-bond donors (Lipinski definition) is 2. The molecule has 0 fully saturated rings. The molecule has 1 rings (SSSR count). The van der Waals surface area contributed by atoms with Crippen molar-refractivity contribution in [3.63, 3.8) is 0 Å². The van der Waals surface area contributed by atoms with Crippen molar-refractivity contribution in [2.45, 2.75) is 13.5 Å². The van der Waals surface area contributed by atoms with Gasteiger partial charge in [0.2, 0.25) is 0 Å². The number of aliphatic hydroxyl groups excluding tert-OH is 1. The van der Waals surface area contributed by atoms with Crippen molar-refractivity contribution in [1.29, 1.82) is 0 Å². The number of aliphatic hydroxyl groups is 1. The summed E-state index contributed by atoms with van der Waals surface area (Å²) in [6, 6.07) is 1.63. The van der Waals surface area contributed by atoms with Crippen molar-refractivity contribution >= 4 is 17.3 Å². The number of nitrogens with zero attached hydrogens (tertiary/aromatic N) is 1. The third kappa shape index (κ3) is 1.61. The molecule has 0 unspecified atom stereocenters. The summed E-state index contributed by atoms with van der Waals surface area (Å²) in [5.41, 5.74) is 7.34. The van der Waals surface area contributed by atoms with Crippen molar-refractivity contribution in [1.82, 2.24) is 4.98 Å². The SMILES string of the molecule is Cc1nc(Cl)c(CO)cc1N. The van der Waals surface area contributed by atoms with Crippen LogP contribution in [0, 0.1) is 6.92 Å². The number of aryl methyl sites for hydroxylation is 1. The fraction of sp³-hybridized carbons (Fsp3) is 0.286. The molecule has 0 aliphatic heterocycles. The lowest BCUT2D eigenvalue weighted by molar-refractivity contribution is 0.281. The fourth-order valence-corrected chi connectivity index (χ4v) is 0.987. The molecule has 60 valence electrons. The van der Waals surface area contributed by atoms with Gasteiger partial charge in [0.25, 0.3) is 0 Å². The van der Waals surface area contributed by atoms with Crippen LogP contribution in [0.2, 0.25) is 5.15 Å². The molecule has 0 bridgehead atoms. The van der Waals surface area contributed by atoms with Gasteiger partial charge in [-0.25, -0.2) is 4.98 Å². The molecule has 0 aromatic carbocycles. The lowest BCUT2D eigenvalue weighted by Gasteiger charge is -2.03. The van der Waals surface area contributed by atoms with E-state index in [-0.39, 0.29) is 6.61 Å². The summed E-state index contributed by atoms with van der Waals surface area (Å²) in [6.07, 6.45) is 0. The van der Waals surface area contributed by atoms with Gasteiger partial charge >= 0.3 is 0 Å². The molecule has 1 heterocycles. The number of halogens is 1. The van der Waals surface area contributed by atoms with E-state index >= 15 is 0 Å². The molecule has 3 nitrogen and oxygen atoms in total. The van der Waals surface area contributed by atoms with Gasteiger partial charge in [-0.1, -0.05) is 11.6 Å². The first-order valence-corrected chi connectivity index (χ1v) is 3.55. The van der Waals surface area contributed by atoms with Crippen LogP contribution in [-0.4, -0.2) is 10.1 Å². The number of pyridine rings is 1. The second kappa shape index (κ2) is 3.07. The molecule has 0 amide bonds. The summed E-state index contributed by atoms with van der Waals surface area (Å²) >= 11 is 5.67. The van der Waals surface area contributed by atoms with E-state index in [1.54, 1.807) is 13.0 Å². The van der Waals surface area contributed by atoms with Gasteiger partial charge in [-0.15, -0.1) is 0 Å². The maximum atomic E-state index is 8.75. The highest BCUT2D eigenvalue weighted by Gasteiger charge is 2.03. The third-order valence-corrected chi connectivity index (χ3v) is 1.78. The van der Waals surface area contributed by atoms with Crippen LogP contribution < -0.4 is 5.73 Å². The average molecular weight is 173 g/mol. The molecule has 0 aliphatic carbocycles. The van der Waals surface area contributed by atoms with E-state index in [0.717, 1.165) is 0 Å². The number of hydrogen-bond acceptors (Lipinski definition) is 3. The van der Waals surface area contributed by atoms with Crippen LogP contribution in [0.15, 0.2) is 6.07 Å². The van der Waals surface area contributed by atoms with Crippen molar-refractivity contribution in [2.75, 3.05) is 5.73 Å². The predicted molar refractivity (Wildman–Crippen MR) is 44.3 cm³/mol. The molecule has 3 N–H and O–H groups in total. The van der Waals surface area contributed by atoms with Crippen molar-refractivity contribution < 1.29 is 5.11 Å². The maximum absolute atomic E-state index is 8.75. The van der Waals surface area contributed by atoms with Gasteiger partial charge in [0.15, 0.2) is 0 Å². The quantitative estimate of drug-likeness (QED) is 0.625. The van der Waals surface area contributed by atoms with E-state index in [2.05, 4.69) is 4.98 Å². The molecular weight excluding hydrogens is 164 g/mol. The van der Waals surface area contributed by atoms with Crippen LogP contribution in [0.3, 0.4) is 0 Å². The molecule has 0 saturated heterocycles. The molecule has 1 aromatic heterocycles. The summed E-state index contributed by atoms with van der Waals surface area (Å²) in [6.45, 7) is 1.64. The topological polar surface area (TPSA) is 59.1 Å². The Bertz CT molecular complexity index is 275. The third-order valence-electron chi connectivity index (χ3n) is 1.45. The zero-order valence-corrected chi connectivity index (χ0v) is 6.89. The van der Waals surface area contributed by atoms with Gasteiger partial charge in [-0.05, 0) is 13.0 Å². The number of aromatic nitrogens is 1. The van der Waals surface area contributed by atoms with Crippen LogP contribution in [-0.2, 0) is 6.61 Å². The minimum absolute atomic E-state index is 0.129. The Morgan fingerprint density at radius 2 is 2.36 bits per heavy atom. The summed E-state index contributed by atoms with van der Waals surface area (Å²) in [4.78, 5) is 3.92. The van der Waals surface area contributed by atoms with Gasteiger partial charge in [0.05, 0.1) is 18.0 Å². The van der Waals surface area contributed by atoms with E-state index in [1.165, 1.54) is 0 Å². The Hall–Kier alpha value is -0.800. The second-order valence-electron chi connectivity index (χ2n) is 2.27. The Morgan fingerprint density at radius 1 is 1.73 bits per heavy atom. The smallest absolute Gasteiger partial charge is 0.134 e. The van der Waals surface area contributed by atoms with Crippen LogP contribution in [0.25, 0.3) is 0 Å². The number of nitrogens with two attached hydrogens (primary N) is 1. The Labute approximate surface area is 69.8 Å². The highest BCUT2D eigenvalue weighted by molar-refractivity contribution is 6.30. The van der Waals surface area contributed by atoms with Crippen LogP contribution >= 0.6 is 11.6 Å². The summed E-state index contributed by atoms with van der Waals surface area (Å²) in [5, 5.41) is 9.07. The lowest BCUT2D eigenvalue weighted by atomic mass is 10.2. The molecule has 11 heavy (non-hydrogen) atoms. The van der Waals surface area contributed by atoms with E-state index < -0.39 is 0 Å². The molecular formula is C7H9ClN2O. The zero-order chi connectivity index (χ0) is 8.43. The van der Waals surface area contributed by atoms with E-state index in [1.807, 2.05) is 0 Å². The van der Waals surface area contributed by atoms with Crippen molar-refractivity contribution in [3.05, 3.63) is 22.5 Å². The Balaban J connectivity index is 3.21. The average Bonchev–Trinajstić information content (AvgIpc) is 1.97. The molecule has 0 atom stereocenters. The number of nitrogen functional groups attached to an aromatic ring is 1. The van der Waals surface area contributed by atoms with Crippen molar-refractivity contribution in [2.24, 2.45) is 0 Å². The maximum Gasteiger partial charge on any atom is 0.134 e. The fourth-order valence-electron chi connectivity index (χ4n) is 0.746. The highest BCUT2D eigenvalue weighted by atomic mass is 35.5. The van der Waals surface area contributed by atoms with Gasteiger partial charge in [0.1, 0.15) is 5.15 Å². The summed E-state index contributed by atoms with van der Waals surface area (Å²) in [7, 11) is 0. The number of rotatable bonds is 1. The normalized spacial score (nSPS) is 10.1. The minimum Gasteiger partial charge on any atom is -0.397 e. The summed E-state index contributed by atoms with van der Waals surface area (Å²) in [5.74, 6) is 0. The summed E-state index contributed by atoms with van der Waals surface area (Å²) < 4.78 is 0. The molecule has 4 heteroatoms. The van der Waals surface area contributed by atoms with E-state index in [0.29, 0.717) is 22.1 Å². The molecule has 0 spiro atoms. The Morgan fingerprint density at radius 3 is 2.91 bits per heavy atom. The zero-order valence-electron chi connectivity index (χ0n) is 6.13. The van der Waals surface area contributed by atoms with Crippen LogP contribution in [0.5, 0.6) is 0 Å². The number of anilines is 1. The first kappa shape index (κ1) is 8.30. The van der Waals surface area contributed by atoms with Gasteiger partial charge in [0, 0.05) is 5.56 Å². The first-order valence-electron chi connectivity index (χ1n) is 3.17. The molecule has 1 aromatic rings. The molecule has 0 radical (unpaired) electrons.